The molecule has 0 unspecified atom stereocenters. The quantitative estimate of drug-likeness (QED) is 0.320. The van der Waals surface area contributed by atoms with Gasteiger partial charge in [-0.05, 0) is 48.6 Å². The Bertz CT molecular complexity index is 1330. The lowest BCUT2D eigenvalue weighted by molar-refractivity contribution is -0.120. The Morgan fingerprint density at radius 1 is 1.05 bits per heavy atom. The van der Waals surface area contributed by atoms with E-state index in [2.05, 4.69) is 15.6 Å². The van der Waals surface area contributed by atoms with Crippen molar-refractivity contribution in [2.75, 3.05) is 39.4 Å². The molecular weight excluding hydrogens is 510 g/mol. The van der Waals surface area contributed by atoms with Gasteiger partial charge in [0.05, 0.1) is 33.4 Å². The van der Waals surface area contributed by atoms with Gasteiger partial charge in [-0.15, -0.1) is 16.9 Å². The molecular formula is C26H29N5O6S. The van der Waals surface area contributed by atoms with Crippen LogP contribution in [0.4, 0.5) is 5.69 Å². The molecule has 12 heteroatoms. The average Bonchev–Trinajstić information content (AvgIpc) is 3.57. The zero-order chi connectivity index (χ0) is 27.2. The number of hydrogen-bond acceptors (Lipinski definition) is 10. The highest BCUT2D eigenvalue weighted by molar-refractivity contribution is 7.98. The molecule has 38 heavy (non-hydrogen) atoms. The van der Waals surface area contributed by atoms with E-state index in [4.69, 9.17) is 14.2 Å². The van der Waals surface area contributed by atoms with Gasteiger partial charge in [0.15, 0.2) is 5.69 Å². The number of thioether (sulfide) groups is 1. The summed E-state index contributed by atoms with van der Waals surface area (Å²) in [6, 6.07) is 14.2. The van der Waals surface area contributed by atoms with E-state index in [-0.39, 0.29) is 17.3 Å². The van der Waals surface area contributed by atoms with Gasteiger partial charge in [0.1, 0.15) is 5.75 Å². The Balaban J connectivity index is 1.66. The number of nitrogens with one attached hydrogen (secondary N) is 1. The summed E-state index contributed by atoms with van der Waals surface area (Å²) in [5, 5.41) is 11.0. The first kappa shape index (κ1) is 27.1. The van der Waals surface area contributed by atoms with Crippen molar-refractivity contribution < 1.29 is 28.6 Å². The standard InChI is InChI=1S/C26H29N5O6S/c1-35-19-9-5-7-16(11-19)14-30-15-18(31-23(26(34)37-3)22(28-29-31)25(33)36-2)13-21(30)24(32)27-17-8-6-10-20(12-17)38-4/h5-12,18,21H,13-15H2,1-4H3,(H,27,32)/t18-,21-/m0/s1. The van der Waals surface area contributed by atoms with Gasteiger partial charge in [-0.1, -0.05) is 23.4 Å². The van der Waals surface area contributed by atoms with E-state index >= 15 is 0 Å². The third-order valence-corrected chi connectivity index (χ3v) is 7.06. The van der Waals surface area contributed by atoms with Crippen LogP contribution in [0.1, 0.15) is 39.0 Å². The zero-order valence-corrected chi connectivity index (χ0v) is 22.4. The average molecular weight is 540 g/mol. The number of ether oxygens (including phenoxy) is 3. The molecule has 3 aromatic rings. The van der Waals surface area contributed by atoms with Crippen molar-refractivity contribution in [2.45, 2.75) is 29.9 Å². The number of rotatable bonds is 9. The Labute approximate surface area is 224 Å². The van der Waals surface area contributed by atoms with E-state index in [9.17, 15) is 14.4 Å². The van der Waals surface area contributed by atoms with Crippen molar-refractivity contribution in [3.63, 3.8) is 0 Å². The SMILES string of the molecule is COC(=O)c1nnn([C@H]2C[C@@H](C(=O)Nc3cccc(SC)c3)N(Cc3cccc(OC)c3)C2)c1C(=O)OC. The van der Waals surface area contributed by atoms with Crippen LogP contribution in [0.3, 0.4) is 0 Å². The number of esters is 2. The summed E-state index contributed by atoms with van der Waals surface area (Å²) in [5.41, 5.74) is 1.30. The molecule has 4 rings (SSSR count). The second kappa shape index (κ2) is 12.1. The van der Waals surface area contributed by atoms with Crippen LogP contribution in [-0.2, 0) is 20.8 Å². The summed E-state index contributed by atoms with van der Waals surface area (Å²) in [4.78, 5) is 41.4. The molecule has 0 saturated carbocycles. The fraction of sp³-hybridized carbons (Fsp3) is 0.346. The Morgan fingerprint density at radius 3 is 2.53 bits per heavy atom. The van der Waals surface area contributed by atoms with Gasteiger partial charge in [-0.3, -0.25) is 9.69 Å². The van der Waals surface area contributed by atoms with Gasteiger partial charge >= 0.3 is 11.9 Å². The maximum absolute atomic E-state index is 13.6. The summed E-state index contributed by atoms with van der Waals surface area (Å²) < 4.78 is 16.4. The highest BCUT2D eigenvalue weighted by atomic mass is 32.2. The van der Waals surface area contributed by atoms with Crippen molar-refractivity contribution in [3.8, 4) is 5.75 Å². The highest BCUT2D eigenvalue weighted by Gasteiger charge is 2.41. The van der Waals surface area contributed by atoms with Gasteiger partial charge in [0.25, 0.3) is 0 Å². The zero-order valence-electron chi connectivity index (χ0n) is 21.5. The summed E-state index contributed by atoms with van der Waals surface area (Å²) in [7, 11) is 4.01. The molecule has 11 nitrogen and oxygen atoms in total. The normalized spacial score (nSPS) is 17.2. The predicted molar refractivity (Wildman–Crippen MR) is 140 cm³/mol. The van der Waals surface area contributed by atoms with E-state index in [0.717, 1.165) is 10.5 Å². The maximum Gasteiger partial charge on any atom is 0.361 e. The first-order chi connectivity index (χ1) is 18.4. The number of benzene rings is 2. The monoisotopic (exact) mass is 539 g/mol. The van der Waals surface area contributed by atoms with Crippen LogP contribution < -0.4 is 10.1 Å². The molecule has 1 N–H and O–H groups in total. The molecule has 2 atom stereocenters. The van der Waals surface area contributed by atoms with Gasteiger partial charge in [0.2, 0.25) is 11.6 Å². The van der Waals surface area contributed by atoms with Gasteiger partial charge in [0, 0.05) is 23.7 Å². The number of hydrogen-bond donors (Lipinski definition) is 1. The van der Waals surface area contributed by atoms with Crippen LogP contribution in [0.5, 0.6) is 5.75 Å². The molecule has 0 aliphatic carbocycles. The number of carbonyl (C=O) groups is 3. The second-order valence-corrected chi connectivity index (χ2v) is 9.50. The number of aromatic nitrogens is 3. The minimum absolute atomic E-state index is 0.112. The lowest BCUT2D eigenvalue weighted by Crippen LogP contribution is -2.39. The first-order valence-electron chi connectivity index (χ1n) is 11.8. The number of likely N-dealkylation sites (tertiary alicyclic amines) is 1. The third kappa shape index (κ3) is 5.81. The van der Waals surface area contributed by atoms with Gasteiger partial charge in [-0.25, -0.2) is 14.3 Å². The Hall–Kier alpha value is -3.90. The lowest BCUT2D eigenvalue weighted by atomic mass is 10.1. The molecule has 2 heterocycles. The van der Waals surface area contributed by atoms with Crippen molar-refractivity contribution >= 4 is 35.3 Å². The van der Waals surface area contributed by atoms with Crippen LogP contribution in [0.15, 0.2) is 53.4 Å². The number of methoxy groups -OCH3 is 3. The van der Waals surface area contributed by atoms with Crippen molar-refractivity contribution in [2.24, 2.45) is 0 Å². The molecule has 1 aromatic heterocycles. The van der Waals surface area contributed by atoms with Crippen molar-refractivity contribution in [3.05, 3.63) is 65.5 Å². The largest absolute Gasteiger partial charge is 0.497 e. The predicted octanol–water partition coefficient (Wildman–Crippen LogP) is 3.04. The molecule has 2 aromatic carbocycles. The molecule has 0 radical (unpaired) electrons. The fourth-order valence-electron chi connectivity index (χ4n) is 4.51. The third-order valence-electron chi connectivity index (χ3n) is 6.34. The summed E-state index contributed by atoms with van der Waals surface area (Å²) in [5.74, 6) is -1.05. The number of amides is 1. The van der Waals surface area contributed by atoms with E-state index in [1.54, 1.807) is 18.9 Å². The number of carbonyl (C=O) groups excluding carboxylic acids is 3. The Morgan fingerprint density at radius 2 is 1.82 bits per heavy atom. The minimum atomic E-state index is -0.800. The molecule has 0 bridgehead atoms. The fourth-order valence-corrected chi connectivity index (χ4v) is 4.97. The number of anilines is 1. The molecule has 1 fully saturated rings. The van der Waals surface area contributed by atoms with E-state index < -0.39 is 24.0 Å². The van der Waals surface area contributed by atoms with Crippen LogP contribution in [0.2, 0.25) is 0 Å². The Kier molecular flexibility index (Phi) is 8.64. The first-order valence-corrected chi connectivity index (χ1v) is 13.0. The molecule has 1 saturated heterocycles. The smallest absolute Gasteiger partial charge is 0.361 e. The topological polar surface area (TPSA) is 125 Å². The van der Waals surface area contributed by atoms with E-state index in [1.165, 1.54) is 18.9 Å². The minimum Gasteiger partial charge on any atom is -0.497 e. The summed E-state index contributed by atoms with van der Waals surface area (Å²) >= 11 is 1.58. The van der Waals surface area contributed by atoms with Crippen molar-refractivity contribution in [1.29, 1.82) is 0 Å². The highest BCUT2D eigenvalue weighted by Crippen LogP contribution is 2.32. The van der Waals surface area contributed by atoms with Crippen LogP contribution >= 0.6 is 11.8 Å². The summed E-state index contributed by atoms with van der Waals surface area (Å²) in [6.07, 6.45) is 2.30. The summed E-state index contributed by atoms with van der Waals surface area (Å²) in [6.45, 7) is 0.816. The molecule has 0 spiro atoms. The molecule has 200 valence electrons. The van der Waals surface area contributed by atoms with Gasteiger partial charge < -0.3 is 19.5 Å². The maximum atomic E-state index is 13.6. The molecule has 1 aliphatic rings. The second-order valence-electron chi connectivity index (χ2n) is 8.62. The van der Waals surface area contributed by atoms with Gasteiger partial charge in [-0.2, -0.15) is 0 Å². The van der Waals surface area contributed by atoms with E-state index in [1.807, 2.05) is 59.7 Å². The van der Waals surface area contributed by atoms with Crippen LogP contribution in [0, 0.1) is 0 Å². The van der Waals surface area contributed by atoms with Crippen LogP contribution in [0.25, 0.3) is 0 Å². The van der Waals surface area contributed by atoms with Crippen molar-refractivity contribution in [1.82, 2.24) is 19.9 Å². The van der Waals surface area contributed by atoms with E-state index in [0.29, 0.717) is 30.9 Å². The van der Waals surface area contributed by atoms with Crippen LogP contribution in [-0.4, -0.2) is 77.9 Å². The molecule has 1 aliphatic heterocycles. The lowest BCUT2D eigenvalue weighted by Gasteiger charge is -2.23. The molecule has 1 amide bonds. The number of nitrogens with zero attached hydrogens (tertiary/aromatic N) is 4.